The van der Waals surface area contributed by atoms with Gasteiger partial charge in [-0.3, -0.25) is 4.79 Å². The Morgan fingerprint density at radius 1 is 1.18 bits per heavy atom. The van der Waals surface area contributed by atoms with Gasteiger partial charge in [-0.2, -0.15) is 4.98 Å². The lowest BCUT2D eigenvalue weighted by molar-refractivity contribution is -0.113. The van der Waals surface area contributed by atoms with Gasteiger partial charge in [-0.25, -0.2) is 4.68 Å². The lowest BCUT2D eigenvalue weighted by Crippen LogP contribution is -2.31. The van der Waals surface area contributed by atoms with Crippen LogP contribution in [0.3, 0.4) is 0 Å². The van der Waals surface area contributed by atoms with E-state index in [1.165, 1.54) is 11.1 Å². The van der Waals surface area contributed by atoms with E-state index in [1.54, 1.807) is 18.9 Å². The van der Waals surface area contributed by atoms with Crippen molar-refractivity contribution in [1.29, 1.82) is 0 Å². The number of hydrogen-bond donors (Lipinski definition) is 2. The van der Waals surface area contributed by atoms with Gasteiger partial charge in [0, 0.05) is 11.4 Å². The Labute approximate surface area is 205 Å². The van der Waals surface area contributed by atoms with E-state index in [2.05, 4.69) is 49.6 Å². The predicted molar refractivity (Wildman–Crippen MR) is 137 cm³/mol. The van der Waals surface area contributed by atoms with Crippen LogP contribution in [0.2, 0.25) is 0 Å². The molecule has 1 aliphatic rings. The summed E-state index contributed by atoms with van der Waals surface area (Å²) in [7, 11) is 1.59. The molecule has 34 heavy (non-hydrogen) atoms. The van der Waals surface area contributed by atoms with Crippen LogP contribution < -0.4 is 15.4 Å². The number of nitrogens with one attached hydrogen (secondary N) is 2. The van der Waals surface area contributed by atoms with E-state index >= 15 is 0 Å². The smallest absolute Gasteiger partial charge is 0.255 e. The quantitative estimate of drug-likeness (QED) is 0.398. The highest BCUT2D eigenvalue weighted by atomic mass is 32.2. The molecule has 1 atom stereocenters. The molecule has 2 N–H and O–H groups in total. The van der Waals surface area contributed by atoms with Crippen LogP contribution >= 0.6 is 11.8 Å². The van der Waals surface area contributed by atoms with Gasteiger partial charge in [0.15, 0.2) is 0 Å². The minimum Gasteiger partial charge on any atom is -0.495 e. The highest BCUT2D eigenvalue weighted by Crippen LogP contribution is 2.37. The number of hydrogen-bond acceptors (Lipinski definition) is 6. The monoisotopic (exact) mass is 477 g/mol. The molecule has 2 heterocycles. The van der Waals surface area contributed by atoms with Crippen LogP contribution in [0.1, 0.15) is 44.4 Å². The number of carbonyl (C=O) groups excluding carboxylic acids is 1. The van der Waals surface area contributed by atoms with Crippen molar-refractivity contribution in [2.45, 2.75) is 51.1 Å². The van der Waals surface area contributed by atoms with E-state index in [0.29, 0.717) is 34.0 Å². The van der Waals surface area contributed by atoms with Gasteiger partial charge in [0.1, 0.15) is 5.75 Å². The molecular formula is C26H31N5O2S. The molecule has 4 rings (SSSR count). The highest BCUT2D eigenvalue weighted by Gasteiger charge is 2.33. The average Bonchev–Trinajstić information content (AvgIpc) is 3.21. The number of nitrogens with zero attached hydrogens (tertiary/aromatic N) is 3. The van der Waals surface area contributed by atoms with Crippen molar-refractivity contribution < 1.29 is 9.53 Å². The maximum absolute atomic E-state index is 13.5. The summed E-state index contributed by atoms with van der Waals surface area (Å²) in [5, 5.41) is 11.8. The van der Waals surface area contributed by atoms with E-state index in [-0.39, 0.29) is 11.9 Å². The molecule has 1 amide bonds. The molecule has 7 nitrogen and oxygen atoms in total. The Kier molecular flexibility index (Phi) is 7.26. The Bertz CT molecular complexity index is 1220. The molecule has 1 aromatic heterocycles. The van der Waals surface area contributed by atoms with Crippen molar-refractivity contribution in [2.24, 2.45) is 5.92 Å². The maximum atomic E-state index is 13.5. The van der Waals surface area contributed by atoms with E-state index < -0.39 is 0 Å². The molecule has 0 spiro atoms. The minimum absolute atomic E-state index is 0.171. The number of aromatic nitrogens is 3. The average molecular weight is 478 g/mol. The van der Waals surface area contributed by atoms with Crippen LogP contribution in [0.5, 0.6) is 5.75 Å². The Balaban J connectivity index is 1.60. The molecule has 0 aliphatic carbocycles. The van der Waals surface area contributed by atoms with Crippen molar-refractivity contribution >= 4 is 29.3 Å². The zero-order valence-corrected chi connectivity index (χ0v) is 21.1. The number of ether oxygens (including phenoxy) is 1. The normalized spacial score (nSPS) is 15.2. The molecule has 2 aromatic carbocycles. The van der Waals surface area contributed by atoms with Crippen LogP contribution in [0.4, 0.5) is 11.6 Å². The summed E-state index contributed by atoms with van der Waals surface area (Å²) in [4.78, 5) is 18.2. The van der Waals surface area contributed by atoms with Crippen molar-refractivity contribution in [3.8, 4) is 5.75 Å². The van der Waals surface area contributed by atoms with Crippen molar-refractivity contribution in [3.63, 3.8) is 0 Å². The summed E-state index contributed by atoms with van der Waals surface area (Å²) >= 11 is 1.60. The summed E-state index contributed by atoms with van der Waals surface area (Å²) in [6.07, 6.45) is 0.770. The highest BCUT2D eigenvalue weighted by molar-refractivity contribution is 7.98. The second kappa shape index (κ2) is 10.3. The predicted octanol–water partition coefficient (Wildman–Crippen LogP) is 5.81. The first-order chi connectivity index (χ1) is 16.4. The first-order valence-corrected chi connectivity index (χ1v) is 12.4. The van der Waals surface area contributed by atoms with E-state index in [0.717, 1.165) is 17.9 Å². The minimum atomic E-state index is -0.216. The molecule has 178 valence electrons. The summed E-state index contributed by atoms with van der Waals surface area (Å²) in [6.45, 7) is 8.33. The molecule has 0 bridgehead atoms. The molecule has 1 unspecified atom stereocenters. The number of methoxy groups -OCH3 is 1. The Morgan fingerprint density at radius 3 is 2.65 bits per heavy atom. The number of amides is 1. The van der Waals surface area contributed by atoms with Gasteiger partial charge in [0.05, 0.1) is 24.4 Å². The number of fused-ring (bicyclic) bond motifs is 1. The molecule has 0 saturated heterocycles. The summed E-state index contributed by atoms with van der Waals surface area (Å²) in [5.74, 6) is 2.28. The second-order valence-electron chi connectivity index (χ2n) is 8.84. The van der Waals surface area contributed by atoms with Crippen molar-refractivity contribution in [3.05, 3.63) is 70.9 Å². The van der Waals surface area contributed by atoms with Crippen LogP contribution in [-0.2, 0) is 10.5 Å². The van der Waals surface area contributed by atoms with Crippen LogP contribution in [-0.4, -0.2) is 27.8 Å². The Morgan fingerprint density at radius 2 is 1.91 bits per heavy atom. The van der Waals surface area contributed by atoms with E-state index in [1.807, 2.05) is 41.9 Å². The number of benzene rings is 2. The molecular weight excluding hydrogens is 446 g/mol. The third-order valence-electron chi connectivity index (χ3n) is 5.86. The largest absolute Gasteiger partial charge is 0.495 e. The van der Waals surface area contributed by atoms with E-state index in [4.69, 9.17) is 14.8 Å². The van der Waals surface area contributed by atoms with Gasteiger partial charge >= 0.3 is 0 Å². The van der Waals surface area contributed by atoms with Crippen LogP contribution in [0.25, 0.3) is 0 Å². The number of carbonyl (C=O) groups is 1. The van der Waals surface area contributed by atoms with Crippen molar-refractivity contribution in [2.75, 3.05) is 17.7 Å². The third kappa shape index (κ3) is 5.12. The van der Waals surface area contributed by atoms with Gasteiger partial charge in [0.2, 0.25) is 11.1 Å². The number of para-hydroxylation sites is 2. The molecule has 0 radical (unpaired) electrons. The van der Waals surface area contributed by atoms with Gasteiger partial charge in [-0.1, -0.05) is 62.0 Å². The Hall–Kier alpha value is -3.26. The van der Waals surface area contributed by atoms with Crippen LogP contribution in [0.15, 0.2) is 65.0 Å². The summed E-state index contributed by atoms with van der Waals surface area (Å²) < 4.78 is 7.27. The number of aryl methyl sites for hydroxylation is 1. The van der Waals surface area contributed by atoms with E-state index in [9.17, 15) is 4.79 Å². The fraction of sp³-hybridized carbons (Fsp3) is 0.346. The number of anilines is 2. The molecule has 3 aromatic rings. The second-order valence-corrected chi connectivity index (χ2v) is 9.78. The number of rotatable bonds is 8. The fourth-order valence-corrected chi connectivity index (χ4v) is 5.02. The fourth-order valence-electron chi connectivity index (χ4n) is 4.11. The zero-order valence-electron chi connectivity index (χ0n) is 20.3. The van der Waals surface area contributed by atoms with Crippen molar-refractivity contribution in [1.82, 2.24) is 14.8 Å². The molecule has 0 saturated carbocycles. The first-order valence-electron chi connectivity index (χ1n) is 11.4. The summed E-state index contributed by atoms with van der Waals surface area (Å²) in [6, 6.07) is 15.5. The first kappa shape index (κ1) is 23.9. The topological polar surface area (TPSA) is 81.1 Å². The zero-order chi connectivity index (χ0) is 24.2. The van der Waals surface area contributed by atoms with Gasteiger partial charge in [-0.05, 0) is 49.4 Å². The lowest BCUT2D eigenvalue weighted by atomic mass is 9.94. The molecule has 1 aliphatic heterocycles. The van der Waals surface area contributed by atoms with Gasteiger partial charge in [-0.15, -0.1) is 5.10 Å². The summed E-state index contributed by atoms with van der Waals surface area (Å²) in [5.41, 5.74) is 4.60. The number of thioether (sulfide) groups is 1. The lowest BCUT2D eigenvalue weighted by Gasteiger charge is -2.29. The number of allylic oxidation sites excluding steroid dienone is 1. The molecule has 0 fully saturated rings. The maximum Gasteiger partial charge on any atom is 0.255 e. The SMILES string of the molecule is COc1ccccc1NC(=O)C1=C(C)Nc2nc(SCc3ccccc3C)nn2C1CC(C)C. The van der Waals surface area contributed by atoms with Gasteiger partial charge in [0.25, 0.3) is 5.91 Å². The van der Waals surface area contributed by atoms with Crippen LogP contribution in [0, 0.1) is 12.8 Å². The standard InChI is InChI=1S/C26H31N5O2S/c1-16(2)14-21-23(24(32)28-20-12-8-9-13-22(20)33-5)18(4)27-25-29-26(30-31(21)25)34-15-19-11-7-6-10-17(19)3/h6-13,16,21H,14-15H2,1-5H3,(H,28,32)(H,27,29,30). The molecule has 8 heteroatoms. The third-order valence-corrected chi connectivity index (χ3v) is 6.74. The van der Waals surface area contributed by atoms with Gasteiger partial charge < -0.3 is 15.4 Å².